The molecule has 0 N–H and O–H groups in total. The van der Waals surface area contributed by atoms with E-state index in [4.69, 9.17) is 0 Å². The Kier molecular flexibility index (Phi) is 12.1. The van der Waals surface area contributed by atoms with Crippen molar-refractivity contribution in [1.82, 2.24) is 0 Å². The number of carboxylic acids is 1. The average molecular weight is 178 g/mol. The molecule has 0 fully saturated rings. The summed E-state index contributed by atoms with van der Waals surface area (Å²) in [6.07, 6.45) is 1.53. The second-order valence-corrected chi connectivity index (χ2v) is 5.23. The molecule has 0 rings (SSSR count). The van der Waals surface area contributed by atoms with Gasteiger partial charge in [0, 0.05) is 5.97 Å². The van der Waals surface area contributed by atoms with Crippen LogP contribution in [0.3, 0.4) is 0 Å². The van der Waals surface area contributed by atoms with Gasteiger partial charge in [-0.15, -0.1) is 0 Å². The zero-order chi connectivity index (χ0) is 9.28. The van der Waals surface area contributed by atoms with Crippen molar-refractivity contribution >= 4 is 14.6 Å². The van der Waals surface area contributed by atoms with Gasteiger partial charge < -0.3 is 9.90 Å². The first kappa shape index (κ1) is 13.5. The van der Waals surface area contributed by atoms with E-state index in [2.05, 4.69) is 20.8 Å². The molecule has 0 aromatic heterocycles. The van der Waals surface area contributed by atoms with E-state index in [9.17, 15) is 9.90 Å². The molecule has 0 bridgehead atoms. The Bertz CT molecular complexity index is 92.1. The second kappa shape index (κ2) is 9.90. The van der Waals surface area contributed by atoms with Crippen molar-refractivity contribution < 1.29 is 9.90 Å². The van der Waals surface area contributed by atoms with Gasteiger partial charge in [-0.2, -0.15) is 0 Å². The predicted molar refractivity (Wildman–Crippen MR) is 50.7 cm³/mol. The van der Waals surface area contributed by atoms with Gasteiger partial charge in [-0.05, 0) is 35.8 Å². The highest BCUT2D eigenvalue weighted by Gasteiger charge is 1.92. The molecule has 0 amide bonds. The van der Waals surface area contributed by atoms with Crippen molar-refractivity contribution in [2.75, 3.05) is 6.16 Å². The molecule has 1 unspecified atom stereocenters. The van der Waals surface area contributed by atoms with Crippen LogP contribution in [-0.2, 0) is 4.79 Å². The van der Waals surface area contributed by atoms with E-state index < -0.39 is 5.97 Å². The molecule has 68 valence electrons. The molecule has 11 heavy (non-hydrogen) atoms. The number of hydrogen-bond donors (Lipinski definition) is 0. The Balaban J connectivity index is 0. The van der Waals surface area contributed by atoms with Crippen LogP contribution in [-0.4, -0.2) is 17.8 Å². The molecule has 0 aromatic carbocycles. The largest absolute Gasteiger partial charge is 0.550 e. The summed E-state index contributed by atoms with van der Waals surface area (Å²) in [7, 11) is 0.764. The van der Waals surface area contributed by atoms with Crippen LogP contribution in [0.4, 0.5) is 0 Å². The topological polar surface area (TPSA) is 40.1 Å². The van der Waals surface area contributed by atoms with Crippen LogP contribution in [0.5, 0.6) is 0 Å². The van der Waals surface area contributed by atoms with Crippen LogP contribution in [0.25, 0.3) is 0 Å². The third-order valence-corrected chi connectivity index (χ3v) is 2.41. The van der Waals surface area contributed by atoms with Gasteiger partial charge in [0.15, 0.2) is 0 Å². The number of rotatable bonds is 3. The molecule has 0 heterocycles. The fourth-order valence-corrected chi connectivity index (χ4v) is 1.41. The van der Waals surface area contributed by atoms with Crippen LogP contribution in [0.1, 0.15) is 34.1 Å². The lowest BCUT2D eigenvalue weighted by Crippen LogP contribution is -2.19. The lowest BCUT2D eigenvalue weighted by atomic mass is 10.5. The fraction of sp³-hybridized carbons (Fsp3) is 0.875. The Morgan fingerprint density at radius 2 is 1.82 bits per heavy atom. The summed E-state index contributed by atoms with van der Waals surface area (Å²) < 4.78 is 0. The van der Waals surface area contributed by atoms with Crippen molar-refractivity contribution in [3.8, 4) is 0 Å². The van der Waals surface area contributed by atoms with Gasteiger partial charge in [0.1, 0.15) is 0 Å². The van der Waals surface area contributed by atoms with Gasteiger partial charge in [-0.25, -0.2) is 0 Å². The monoisotopic (exact) mass is 178 g/mol. The Hall–Kier alpha value is -0.100. The summed E-state index contributed by atoms with van der Waals surface area (Å²) in [6, 6.07) is 0. The van der Waals surface area contributed by atoms with E-state index >= 15 is 0 Å². The molecule has 0 saturated heterocycles. The van der Waals surface area contributed by atoms with Gasteiger partial charge >= 0.3 is 0 Å². The molecule has 0 saturated carbocycles. The van der Waals surface area contributed by atoms with E-state index in [0.29, 0.717) is 0 Å². The van der Waals surface area contributed by atoms with Gasteiger partial charge in [0.2, 0.25) is 0 Å². The first-order chi connectivity index (χ1) is 5.04. The Morgan fingerprint density at radius 1 is 1.45 bits per heavy atom. The standard InChI is InChI=1S/C5H13P.C3H6O2/c1-4-6-5(2)3;1-2-3(4)5/h5-6H,4H2,1-3H3;2H2,1H3,(H,4,5). The van der Waals surface area contributed by atoms with E-state index in [1.165, 1.54) is 13.1 Å². The molecule has 2 nitrogen and oxygen atoms in total. The van der Waals surface area contributed by atoms with E-state index in [1.807, 2.05) is 0 Å². The van der Waals surface area contributed by atoms with Crippen LogP contribution in [0.2, 0.25) is 0 Å². The molecule has 0 radical (unpaired) electrons. The first-order valence-corrected chi connectivity index (χ1v) is 5.56. The smallest absolute Gasteiger partial charge is 0.0596 e. The van der Waals surface area contributed by atoms with Crippen LogP contribution in [0, 0.1) is 0 Å². The van der Waals surface area contributed by atoms with Gasteiger partial charge in [0.05, 0.1) is 11.8 Å². The highest BCUT2D eigenvalue weighted by atomic mass is 31.1. The minimum atomic E-state index is -0.995. The normalized spacial score (nSPS) is 9.91. The Labute approximate surface area is 71.2 Å². The summed E-state index contributed by atoms with van der Waals surface area (Å²) in [5.74, 6) is -0.995. The third-order valence-electron chi connectivity index (χ3n) is 0.996. The van der Waals surface area contributed by atoms with Crippen LogP contribution in [0.15, 0.2) is 0 Å². The SMILES string of the molecule is CCC(=O)[O-].CC[PH2+]C(C)C. The average Bonchev–Trinajstić information content (AvgIpc) is 1.89. The summed E-state index contributed by atoms with van der Waals surface area (Å²) in [4.78, 5) is 9.26. The number of carbonyl (C=O) groups excluding carboxylic acids is 1. The predicted octanol–water partition coefficient (Wildman–Crippen LogP) is 0.972. The molecule has 0 aliphatic carbocycles. The minimum Gasteiger partial charge on any atom is -0.550 e. The maximum absolute atomic E-state index is 9.26. The molecule has 3 heteroatoms. The van der Waals surface area contributed by atoms with Crippen LogP contribution < -0.4 is 5.11 Å². The molecule has 0 aliphatic heterocycles. The van der Waals surface area contributed by atoms with E-state index in [1.54, 1.807) is 0 Å². The van der Waals surface area contributed by atoms with Gasteiger partial charge in [0.25, 0.3) is 0 Å². The van der Waals surface area contributed by atoms with Gasteiger partial charge in [-0.1, -0.05) is 6.92 Å². The van der Waals surface area contributed by atoms with Crippen molar-refractivity contribution in [1.29, 1.82) is 0 Å². The highest BCUT2D eigenvalue weighted by molar-refractivity contribution is 7.38. The van der Waals surface area contributed by atoms with Crippen molar-refractivity contribution in [2.45, 2.75) is 39.8 Å². The Morgan fingerprint density at radius 3 is 1.82 bits per heavy atom. The molecule has 0 spiro atoms. The molecular weight excluding hydrogens is 159 g/mol. The maximum atomic E-state index is 9.26. The molecular formula is C8H19O2P. The second-order valence-electron chi connectivity index (χ2n) is 2.61. The lowest BCUT2D eigenvalue weighted by molar-refractivity contribution is -0.305. The minimum absolute atomic E-state index is 0.111. The summed E-state index contributed by atoms with van der Waals surface area (Å²) >= 11 is 0. The first-order valence-electron chi connectivity index (χ1n) is 4.07. The summed E-state index contributed by atoms with van der Waals surface area (Å²) in [5.41, 5.74) is 0.981. The zero-order valence-electron chi connectivity index (χ0n) is 7.89. The van der Waals surface area contributed by atoms with Crippen molar-refractivity contribution in [3.05, 3.63) is 0 Å². The van der Waals surface area contributed by atoms with E-state index in [-0.39, 0.29) is 6.42 Å². The summed E-state index contributed by atoms with van der Waals surface area (Å²) in [5, 5.41) is 9.26. The summed E-state index contributed by atoms with van der Waals surface area (Å²) in [6.45, 7) is 8.38. The number of aliphatic carboxylic acids is 1. The molecule has 0 aromatic rings. The molecule has 0 aliphatic rings. The number of hydrogen-bond acceptors (Lipinski definition) is 2. The zero-order valence-corrected chi connectivity index (χ0v) is 9.04. The van der Waals surface area contributed by atoms with Crippen LogP contribution >= 0.6 is 8.58 Å². The van der Waals surface area contributed by atoms with Crippen molar-refractivity contribution in [2.24, 2.45) is 0 Å². The van der Waals surface area contributed by atoms with Gasteiger partial charge in [-0.3, -0.25) is 0 Å². The highest BCUT2D eigenvalue weighted by Crippen LogP contribution is 2.15. The fourth-order valence-electron chi connectivity index (χ4n) is 0.471. The quantitative estimate of drug-likeness (QED) is 0.604. The lowest BCUT2D eigenvalue weighted by Gasteiger charge is -1.88. The maximum Gasteiger partial charge on any atom is 0.0596 e. The number of carboxylic acid groups (broad SMARTS) is 1. The third kappa shape index (κ3) is 25.7. The van der Waals surface area contributed by atoms with Crippen molar-refractivity contribution in [3.63, 3.8) is 0 Å². The van der Waals surface area contributed by atoms with E-state index in [0.717, 1.165) is 14.2 Å². The number of carbonyl (C=O) groups is 1. The molecule has 1 atom stereocenters.